The maximum Gasteiger partial charge on any atom is 0.142 e. The van der Waals surface area contributed by atoms with Crippen molar-refractivity contribution in [3.05, 3.63) is 24.0 Å². The van der Waals surface area contributed by atoms with Gasteiger partial charge in [0.1, 0.15) is 11.8 Å². The highest BCUT2D eigenvalue weighted by atomic mass is 16.2. The first-order valence-electron chi connectivity index (χ1n) is 5.78. The fourth-order valence-electron chi connectivity index (χ4n) is 1.59. The standard InChI is InChI=1S/C13H19N3O/c1-13(2,5-3-7-17)10-16-11-4-6-15-12(8-11)9-14/h4,6,8,17H,3,5,7,10H2,1-2H3,(H,15,16). The van der Waals surface area contributed by atoms with Gasteiger partial charge in [-0.25, -0.2) is 4.98 Å². The van der Waals surface area contributed by atoms with Gasteiger partial charge in [-0.2, -0.15) is 5.26 Å². The molecule has 0 saturated heterocycles. The lowest BCUT2D eigenvalue weighted by molar-refractivity contribution is 0.248. The number of hydrogen-bond acceptors (Lipinski definition) is 4. The molecule has 1 aromatic heterocycles. The van der Waals surface area contributed by atoms with Crippen LogP contribution >= 0.6 is 0 Å². The predicted molar refractivity (Wildman–Crippen MR) is 67.5 cm³/mol. The first-order chi connectivity index (χ1) is 8.07. The van der Waals surface area contributed by atoms with Crippen molar-refractivity contribution >= 4 is 5.69 Å². The number of anilines is 1. The Morgan fingerprint density at radius 2 is 2.29 bits per heavy atom. The summed E-state index contributed by atoms with van der Waals surface area (Å²) in [5, 5.41) is 20.9. The van der Waals surface area contributed by atoms with Crippen LogP contribution in [-0.4, -0.2) is 23.2 Å². The van der Waals surface area contributed by atoms with Crippen molar-refractivity contribution in [2.24, 2.45) is 5.41 Å². The largest absolute Gasteiger partial charge is 0.396 e. The molecule has 0 unspecified atom stereocenters. The number of aliphatic hydroxyl groups excluding tert-OH is 1. The van der Waals surface area contributed by atoms with E-state index in [1.54, 1.807) is 12.3 Å². The topological polar surface area (TPSA) is 68.9 Å². The minimum Gasteiger partial charge on any atom is -0.396 e. The number of nitrogens with one attached hydrogen (secondary N) is 1. The molecule has 0 radical (unpaired) electrons. The molecule has 0 aliphatic heterocycles. The average molecular weight is 233 g/mol. The summed E-state index contributed by atoms with van der Waals surface area (Å²) in [5.41, 5.74) is 1.45. The fourth-order valence-corrected chi connectivity index (χ4v) is 1.59. The van der Waals surface area contributed by atoms with Crippen LogP contribution in [0.2, 0.25) is 0 Å². The van der Waals surface area contributed by atoms with Crippen LogP contribution in [0.5, 0.6) is 0 Å². The summed E-state index contributed by atoms with van der Waals surface area (Å²) < 4.78 is 0. The Kier molecular flexibility index (Phi) is 4.92. The number of hydrogen-bond donors (Lipinski definition) is 2. The lowest BCUT2D eigenvalue weighted by Gasteiger charge is -2.25. The van der Waals surface area contributed by atoms with Crippen molar-refractivity contribution < 1.29 is 5.11 Å². The first kappa shape index (κ1) is 13.5. The molecule has 1 aromatic rings. The third-order valence-corrected chi connectivity index (χ3v) is 2.66. The Hall–Kier alpha value is -1.60. The number of pyridine rings is 1. The van der Waals surface area contributed by atoms with E-state index in [2.05, 4.69) is 24.1 Å². The quantitative estimate of drug-likeness (QED) is 0.790. The van der Waals surface area contributed by atoms with Crippen LogP contribution in [0.3, 0.4) is 0 Å². The Morgan fingerprint density at radius 3 is 2.94 bits per heavy atom. The predicted octanol–water partition coefficient (Wildman–Crippen LogP) is 2.16. The number of rotatable bonds is 6. The Labute approximate surface area is 102 Å². The summed E-state index contributed by atoms with van der Waals surface area (Å²) in [6, 6.07) is 5.60. The molecule has 0 aromatic carbocycles. The van der Waals surface area contributed by atoms with Crippen molar-refractivity contribution in [1.82, 2.24) is 4.98 Å². The maximum atomic E-state index is 8.82. The minimum atomic E-state index is 0.124. The van der Waals surface area contributed by atoms with E-state index in [0.29, 0.717) is 5.69 Å². The molecule has 4 heteroatoms. The van der Waals surface area contributed by atoms with E-state index in [-0.39, 0.29) is 12.0 Å². The van der Waals surface area contributed by atoms with Crippen molar-refractivity contribution in [1.29, 1.82) is 5.26 Å². The monoisotopic (exact) mass is 233 g/mol. The highest BCUT2D eigenvalue weighted by Crippen LogP contribution is 2.22. The van der Waals surface area contributed by atoms with Gasteiger partial charge in [-0.3, -0.25) is 0 Å². The molecule has 0 aliphatic carbocycles. The molecule has 0 fully saturated rings. The van der Waals surface area contributed by atoms with Crippen LogP contribution in [0, 0.1) is 16.7 Å². The van der Waals surface area contributed by atoms with Crippen molar-refractivity contribution in [2.45, 2.75) is 26.7 Å². The maximum absolute atomic E-state index is 8.82. The number of nitriles is 1. The molecule has 4 nitrogen and oxygen atoms in total. The first-order valence-corrected chi connectivity index (χ1v) is 5.78. The smallest absolute Gasteiger partial charge is 0.142 e. The molecular weight excluding hydrogens is 214 g/mol. The summed E-state index contributed by atoms with van der Waals surface area (Å²) >= 11 is 0. The van der Waals surface area contributed by atoms with Gasteiger partial charge < -0.3 is 10.4 Å². The molecule has 17 heavy (non-hydrogen) atoms. The van der Waals surface area contributed by atoms with E-state index in [0.717, 1.165) is 25.1 Å². The van der Waals surface area contributed by atoms with Crippen LogP contribution in [0.4, 0.5) is 5.69 Å². The van der Waals surface area contributed by atoms with Crippen LogP contribution in [0.25, 0.3) is 0 Å². The van der Waals surface area contributed by atoms with E-state index < -0.39 is 0 Å². The van der Waals surface area contributed by atoms with Gasteiger partial charge in [-0.15, -0.1) is 0 Å². The van der Waals surface area contributed by atoms with Gasteiger partial charge in [0, 0.05) is 25.0 Å². The average Bonchev–Trinajstić information content (AvgIpc) is 2.34. The normalized spacial score (nSPS) is 10.9. The van der Waals surface area contributed by atoms with Crippen molar-refractivity contribution in [2.75, 3.05) is 18.5 Å². The third-order valence-electron chi connectivity index (χ3n) is 2.66. The molecular formula is C13H19N3O. The zero-order chi connectivity index (χ0) is 12.7. The Bertz CT molecular complexity index is 396. The summed E-state index contributed by atoms with van der Waals surface area (Å²) in [7, 11) is 0. The second-order valence-electron chi connectivity index (χ2n) is 4.89. The summed E-state index contributed by atoms with van der Waals surface area (Å²) in [5.74, 6) is 0. The molecule has 0 aliphatic rings. The van der Waals surface area contributed by atoms with Gasteiger partial charge >= 0.3 is 0 Å². The molecule has 0 atom stereocenters. The third kappa shape index (κ3) is 4.83. The number of aromatic nitrogens is 1. The molecule has 0 amide bonds. The molecule has 1 heterocycles. The zero-order valence-corrected chi connectivity index (χ0v) is 10.4. The SMILES string of the molecule is CC(C)(CCCO)CNc1ccnc(C#N)c1. The van der Waals surface area contributed by atoms with E-state index in [9.17, 15) is 0 Å². The van der Waals surface area contributed by atoms with Gasteiger partial charge in [-0.05, 0) is 30.4 Å². The fraction of sp³-hybridized carbons (Fsp3) is 0.538. The minimum absolute atomic E-state index is 0.124. The Morgan fingerprint density at radius 1 is 1.53 bits per heavy atom. The van der Waals surface area contributed by atoms with E-state index >= 15 is 0 Å². The zero-order valence-electron chi connectivity index (χ0n) is 10.4. The molecule has 2 N–H and O–H groups in total. The number of nitrogens with zero attached hydrogens (tertiary/aromatic N) is 2. The second kappa shape index (κ2) is 6.21. The van der Waals surface area contributed by atoms with Crippen molar-refractivity contribution in [3.63, 3.8) is 0 Å². The summed E-state index contributed by atoms with van der Waals surface area (Å²) in [6.07, 6.45) is 3.41. The van der Waals surface area contributed by atoms with Crippen LogP contribution < -0.4 is 5.32 Å². The molecule has 0 saturated carbocycles. The van der Waals surface area contributed by atoms with Gasteiger partial charge in [0.15, 0.2) is 0 Å². The van der Waals surface area contributed by atoms with Crippen LogP contribution in [-0.2, 0) is 0 Å². The Balaban J connectivity index is 2.52. The molecule has 1 rings (SSSR count). The van der Waals surface area contributed by atoms with Crippen LogP contribution in [0.1, 0.15) is 32.4 Å². The highest BCUT2D eigenvalue weighted by molar-refractivity contribution is 5.45. The van der Waals surface area contributed by atoms with Gasteiger partial charge in [-0.1, -0.05) is 13.8 Å². The van der Waals surface area contributed by atoms with Crippen LogP contribution in [0.15, 0.2) is 18.3 Å². The highest BCUT2D eigenvalue weighted by Gasteiger charge is 2.16. The lowest BCUT2D eigenvalue weighted by Crippen LogP contribution is -2.23. The summed E-state index contributed by atoms with van der Waals surface area (Å²) in [6.45, 7) is 5.35. The number of aliphatic hydroxyl groups is 1. The van der Waals surface area contributed by atoms with Crippen molar-refractivity contribution in [3.8, 4) is 6.07 Å². The molecule has 0 spiro atoms. The lowest BCUT2D eigenvalue weighted by atomic mass is 9.88. The van der Waals surface area contributed by atoms with Gasteiger partial charge in [0.2, 0.25) is 0 Å². The van der Waals surface area contributed by atoms with E-state index in [1.165, 1.54) is 0 Å². The molecule has 0 bridgehead atoms. The second-order valence-corrected chi connectivity index (χ2v) is 4.89. The van der Waals surface area contributed by atoms with Gasteiger partial charge in [0.25, 0.3) is 0 Å². The van der Waals surface area contributed by atoms with E-state index in [1.807, 2.05) is 12.1 Å². The summed E-state index contributed by atoms with van der Waals surface area (Å²) in [4.78, 5) is 3.92. The van der Waals surface area contributed by atoms with Gasteiger partial charge in [0.05, 0.1) is 0 Å². The van der Waals surface area contributed by atoms with E-state index in [4.69, 9.17) is 10.4 Å². The molecule has 92 valence electrons.